The number of Topliss-reactive ketones (excluding diaryl/α,β-unsaturated/α-hetero) is 1. The van der Waals surface area contributed by atoms with Crippen LogP contribution in [0, 0.1) is 18.3 Å². The van der Waals surface area contributed by atoms with Crippen molar-refractivity contribution >= 4 is 23.1 Å². The van der Waals surface area contributed by atoms with E-state index in [9.17, 15) is 19.8 Å². The molecule has 1 amide bonds. The van der Waals surface area contributed by atoms with Gasteiger partial charge >= 0.3 is 0 Å². The van der Waals surface area contributed by atoms with Gasteiger partial charge in [0.15, 0.2) is 0 Å². The van der Waals surface area contributed by atoms with Gasteiger partial charge in [0.1, 0.15) is 23.9 Å². The van der Waals surface area contributed by atoms with E-state index in [0.717, 1.165) is 11.1 Å². The molecule has 4 aromatic rings. The van der Waals surface area contributed by atoms with E-state index < -0.39 is 17.7 Å². The van der Waals surface area contributed by atoms with E-state index in [0.29, 0.717) is 34.7 Å². The van der Waals surface area contributed by atoms with E-state index in [1.165, 1.54) is 17.0 Å². The molecule has 1 unspecified atom stereocenters. The van der Waals surface area contributed by atoms with Crippen molar-refractivity contribution in [1.29, 1.82) is 5.26 Å². The molecule has 0 saturated carbocycles. The first kappa shape index (κ1) is 25.3. The lowest BCUT2D eigenvalue weighted by atomic mass is 9.94. The summed E-state index contributed by atoms with van der Waals surface area (Å²) in [6.45, 7) is 2.22. The third-order valence-corrected chi connectivity index (χ3v) is 6.61. The molecule has 1 fully saturated rings. The maximum atomic E-state index is 13.4. The number of amides is 1. The number of nitriles is 1. The molecule has 1 heterocycles. The molecule has 5 rings (SSSR count). The Bertz CT molecular complexity index is 1620. The first-order chi connectivity index (χ1) is 18.9. The third kappa shape index (κ3) is 4.96. The van der Waals surface area contributed by atoms with Gasteiger partial charge in [-0.1, -0.05) is 42.5 Å². The Labute approximate surface area is 225 Å². The van der Waals surface area contributed by atoms with Gasteiger partial charge in [-0.05, 0) is 78.2 Å². The van der Waals surface area contributed by atoms with Crippen molar-refractivity contribution < 1.29 is 24.5 Å². The number of ether oxygens (including phenoxy) is 1. The quantitative estimate of drug-likeness (QED) is 0.191. The minimum atomic E-state index is -0.951. The zero-order valence-corrected chi connectivity index (χ0v) is 21.0. The van der Waals surface area contributed by atoms with Crippen LogP contribution in [-0.2, 0) is 16.2 Å². The summed E-state index contributed by atoms with van der Waals surface area (Å²) in [7, 11) is 0. The van der Waals surface area contributed by atoms with Crippen molar-refractivity contribution in [2.75, 3.05) is 4.90 Å². The fourth-order valence-electron chi connectivity index (χ4n) is 4.62. The van der Waals surface area contributed by atoms with Crippen molar-refractivity contribution in [2.45, 2.75) is 19.6 Å². The van der Waals surface area contributed by atoms with E-state index in [1.807, 2.05) is 43.3 Å². The Morgan fingerprint density at radius 3 is 2.28 bits per heavy atom. The summed E-state index contributed by atoms with van der Waals surface area (Å²) in [5.74, 6) is -1.31. The molecule has 39 heavy (non-hydrogen) atoms. The summed E-state index contributed by atoms with van der Waals surface area (Å²) in [4.78, 5) is 27.9. The average molecular weight is 517 g/mol. The molecule has 2 N–H and O–H groups in total. The number of aliphatic hydroxyl groups excluding tert-OH is 1. The fourth-order valence-corrected chi connectivity index (χ4v) is 4.62. The summed E-state index contributed by atoms with van der Waals surface area (Å²) < 4.78 is 5.94. The maximum Gasteiger partial charge on any atom is 0.300 e. The number of nitrogens with zero attached hydrogens (tertiary/aromatic N) is 2. The Balaban J connectivity index is 1.55. The van der Waals surface area contributed by atoms with E-state index >= 15 is 0 Å². The van der Waals surface area contributed by atoms with Gasteiger partial charge in [0.05, 0.1) is 23.2 Å². The molecule has 0 radical (unpaired) electrons. The number of phenols is 1. The maximum absolute atomic E-state index is 13.4. The highest BCUT2D eigenvalue weighted by Gasteiger charge is 2.47. The van der Waals surface area contributed by atoms with Crippen LogP contribution in [0.25, 0.3) is 5.76 Å². The van der Waals surface area contributed by atoms with Crippen LogP contribution in [0.3, 0.4) is 0 Å². The third-order valence-electron chi connectivity index (χ3n) is 6.61. The highest BCUT2D eigenvalue weighted by atomic mass is 16.5. The van der Waals surface area contributed by atoms with Crippen LogP contribution < -0.4 is 9.64 Å². The van der Waals surface area contributed by atoms with Crippen LogP contribution in [0.2, 0.25) is 0 Å². The summed E-state index contributed by atoms with van der Waals surface area (Å²) >= 11 is 0. The number of rotatable bonds is 6. The number of carbonyl (C=O) groups is 2. The van der Waals surface area contributed by atoms with Crippen LogP contribution in [0.4, 0.5) is 5.69 Å². The number of phenolic OH excluding ortho intramolecular Hbond substituents is 1. The second kappa shape index (κ2) is 10.6. The van der Waals surface area contributed by atoms with Gasteiger partial charge in [-0.2, -0.15) is 5.26 Å². The Morgan fingerprint density at radius 1 is 0.949 bits per heavy atom. The first-order valence-electron chi connectivity index (χ1n) is 12.2. The molecule has 0 spiro atoms. The molecular formula is C32H24N2O5. The summed E-state index contributed by atoms with van der Waals surface area (Å²) in [5.41, 5.74) is 3.37. The van der Waals surface area contributed by atoms with Crippen LogP contribution in [-0.4, -0.2) is 21.9 Å². The SMILES string of the molecule is Cc1cc(/C(O)=C2/C(=O)C(=O)N(c3ccc(C#N)cc3)C2c2ccc(O)cc2)ccc1OCc1ccccc1. The van der Waals surface area contributed by atoms with Gasteiger partial charge in [-0.25, -0.2) is 0 Å². The van der Waals surface area contributed by atoms with Gasteiger partial charge in [0.2, 0.25) is 0 Å². The molecule has 1 aliphatic heterocycles. The first-order valence-corrected chi connectivity index (χ1v) is 12.2. The molecule has 0 aliphatic carbocycles. The average Bonchev–Trinajstić information content (AvgIpc) is 3.22. The molecule has 1 saturated heterocycles. The lowest BCUT2D eigenvalue weighted by Crippen LogP contribution is -2.29. The topological polar surface area (TPSA) is 111 Å². The Kier molecular flexibility index (Phi) is 6.85. The van der Waals surface area contributed by atoms with Crippen molar-refractivity contribution in [3.8, 4) is 17.6 Å². The van der Waals surface area contributed by atoms with Gasteiger partial charge < -0.3 is 14.9 Å². The summed E-state index contributed by atoms with van der Waals surface area (Å²) in [5, 5.41) is 30.4. The van der Waals surface area contributed by atoms with Gasteiger partial charge in [0, 0.05) is 11.3 Å². The van der Waals surface area contributed by atoms with Crippen molar-refractivity contribution in [2.24, 2.45) is 0 Å². The Hall–Kier alpha value is -5.35. The minimum absolute atomic E-state index is 0.0239. The van der Waals surface area contributed by atoms with Crippen molar-refractivity contribution in [3.63, 3.8) is 0 Å². The number of hydrogen-bond donors (Lipinski definition) is 2. The van der Waals surface area contributed by atoms with Crippen LogP contribution in [0.15, 0.2) is 103 Å². The van der Waals surface area contributed by atoms with Crippen molar-refractivity contribution in [3.05, 3.63) is 130 Å². The van der Waals surface area contributed by atoms with Crippen molar-refractivity contribution in [1.82, 2.24) is 0 Å². The van der Waals surface area contributed by atoms with E-state index in [-0.39, 0.29) is 17.1 Å². The highest BCUT2D eigenvalue weighted by molar-refractivity contribution is 6.51. The fraction of sp³-hybridized carbons (Fsp3) is 0.0938. The largest absolute Gasteiger partial charge is 0.508 e. The lowest BCUT2D eigenvalue weighted by Gasteiger charge is -2.25. The summed E-state index contributed by atoms with van der Waals surface area (Å²) in [6.07, 6.45) is 0. The van der Waals surface area contributed by atoms with Gasteiger partial charge in [-0.3, -0.25) is 14.5 Å². The number of aliphatic hydroxyl groups is 1. The molecule has 4 aromatic carbocycles. The minimum Gasteiger partial charge on any atom is -0.508 e. The molecule has 192 valence electrons. The number of hydrogen-bond acceptors (Lipinski definition) is 6. The normalized spacial score (nSPS) is 16.2. The lowest BCUT2D eigenvalue weighted by molar-refractivity contribution is -0.132. The smallest absolute Gasteiger partial charge is 0.300 e. The molecular weight excluding hydrogens is 492 g/mol. The molecule has 7 nitrogen and oxygen atoms in total. The van der Waals surface area contributed by atoms with Gasteiger partial charge in [-0.15, -0.1) is 0 Å². The van der Waals surface area contributed by atoms with Crippen LogP contribution in [0.1, 0.15) is 33.9 Å². The van der Waals surface area contributed by atoms with E-state index in [1.54, 1.807) is 54.6 Å². The number of carbonyl (C=O) groups excluding carboxylic acids is 2. The number of benzene rings is 4. The zero-order chi connectivity index (χ0) is 27.5. The second-order valence-electron chi connectivity index (χ2n) is 9.17. The second-order valence-corrected chi connectivity index (χ2v) is 9.17. The molecule has 1 atom stereocenters. The van der Waals surface area contributed by atoms with Crippen LogP contribution in [0.5, 0.6) is 11.5 Å². The molecule has 0 bridgehead atoms. The highest BCUT2D eigenvalue weighted by Crippen LogP contribution is 2.42. The molecule has 7 heteroatoms. The number of ketones is 1. The molecule has 0 aromatic heterocycles. The number of anilines is 1. The predicted octanol–water partition coefficient (Wildman–Crippen LogP) is 5.78. The molecule has 1 aliphatic rings. The predicted molar refractivity (Wildman–Crippen MR) is 146 cm³/mol. The van der Waals surface area contributed by atoms with E-state index in [4.69, 9.17) is 10.00 Å². The number of aromatic hydroxyl groups is 1. The standard InChI is InChI=1S/C32H24N2O5/c1-20-17-24(11-16-27(20)39-19-22-5-3-2-4-6-22)30(36)28-29(23-9-14-26(35)15-10-23)34(32(38)31(28)37)25-12-7-21(18-33)8-13-25/h2-17,29,35-36H,19H2,1H3/b30-28-. The number of aryl methyl sites for hydroxylation is 1. The van der Waals surface area contributed by atoms with Crippen LogP contribution >= 0.6 is 0 Å². The summed E-state index contributed by atoms with van der Waals surface area (Å²) in [6, 6.07) is 28.3. The zero-order valence-electron chi connectivity index (χ0n) is 21.0. The Morgan fingerprint density at radius 2 is 1.64 bits per heavy atom. The monoisotopic (exact) mass is 516 g/mol. The van der Waals surface area contributed by atoms with Gasteiger partial charge in [0.25, 0.3) is 11.7 Å². The van der Waals surface area contributed by atoms with E-state index in [2.05, 4.69) is 0 Å².